The van der Waals surface area contributed by atoms with Crippen molar-refractivity contribution in [1.29, 1.82) is 0 Å². The van der Waals surface area contributed by atoms with E-state index in [1.807, 2.05) is 24.3 Å². The van der Waals surface area contributed by atoms with E-state index in [9.17, 15) is 4.79 Å². The quantitative estimate of drug-likeness (QED) is 0.876. The van der Waals surface area contributed by atoms with Crippen LogP contribution in [-0.4, -0.2) is 11.4 Å². The lowest BCUT2D eigenvalue weighted by molar-refractivity contribution is -0.0438. The number of rotatable bonds is 2. The highest BCUT2D eigenvalue weighted by Gasteiger charge is 2.57. The van der Waals surface area contributed by atoms with Crippen LogP contribution in [0.1, 0.15) is 29.6 Å². The molecule has 3 heteroatoms. The minimum absolute atomic E-state index is 0.0643. The number of nitrogens with one attached hydrogen (secondary N) is 1. The summed E-state index contributed by atoms with van der Waals surface area (Å²) in [6, 6.07) is 7.53. The van der Waals surface area contributed by atoms with Crippen molar-refractivity contribution in [2.75, 3.05) is 0 Å². The SMILES string of the molecule is O=C(NC12CC(C1)C2)c1cccc(Br)c1. The molecule has 0 spiro atoms. The zero-order chi connectivity index (χ0) is 10.5. The normalized spacial score (nSPS) is 31.4. The average molecular weight is 266 g/mol. The Morgan fingerprint density at radius 3 is 2.67 bits per heavy atom. The summed E-state index contributed by atoms with van der Waals surface area (Å²) < 4.78 is 0.952. The Kier molecular flexibility index (Phi) is 1.93. The van der Waals surface area contributed by atoms with Crippen molar-refractivity contribution in [3.05, 3.63) is 34.3 Å². The van der Waals surface area contributed by atoms with Gasteiger partial charge in [-0.3, -0.25) is 4.79 Å². The van der Waals surface area contributed by atoms with Crippen LogP contribution in [0, 0.1) is 5.92 Å². The second-order valence-electron chi connectivity index (χ2n) is 4.72. The zero-order valence-electron chi connectivity index (χ0n) is 8.29. The minimum Gasteiger partial charge on any atom is -0.347 e. The van der Waals surface area contributed by atoms with Crippen molar-refractivity contribution >= 4 is 21.8 Å². The van der Waals surface area contributed by atoms with E-state index in [-0.39, 0.29) is 11.4 Å². The molecule has 0 heterocycles. The average Bonchev–Trinajstić information content (AvgIpc) is 2.09. The number of benzene rings is 1. The van der Waals surface area contributed by atoms with Gasteiger partial charge in [0.1, 0.15) is 0 Å². The van der Waals surface area contributed by atoms with Crippen LogP contribution in [0.5, 0.6) is 0 Å². The van der Waals surface area contributed by atoms with E-state index in [2.05, 4.69) is 21.2 Å². The third-order valence-electron chi connectivity index (χ3n) is 3.50. The number of hydrogen-bond acceptors (Lipinski definition) is 1. The zero-order valence-corrected chi connectivity index (χ0v) is 9.88. The van der Waals surface area contributed by atoms with Crippen LogP contribution in [-0.2, 0) is 0 Å². The fourth-order valence-electron chi connectivity index (χ4n) is 2.57. The third-order valence-corrected chi connectivity index (χ3v) is 4.00. The molecular weight excluding hydrogens is 254 g/mol. The Labute approximate surface area is 97.2 Å². The third kappa shape index (κ3) is 1.49. The van der Waals surface area contributed by atoms with Gasteiger partial charge in [0, 0.05) is 15.6 Å². The first-order valence-electron chi connectivity index (χ1n) is 5.25. The summed E-state index contributed by atoms with van der Waals surface area (Å²) in [4.78, 5) is 11.9. The second-order valence-corrected chi connectivity index (χ2v) is 5.64. The highest BCUT2D eigenvalue weighted by Crippen LogP contribution is 2.56. The topological polar surface area (TPSA) is 29.1 Å². The van der Waals surface area contributed by atoms with Crippen molar-refractivity contribution < 1.29 is 4.79 Å². The monoisotopic (exact) mass is 265 g/mol. The highest BCUT2D eigenvalue weighted by atomic mass is 79.9. The fraction of sp³-hybridized carbons (Fsp3) is 0.417. The Bertz CT molecular complexity index is 412. The standard InChI is InChI=1S/C12H12BrNO/c13-10-3-1-2-9(4-10)11(15)14-12-5-8(6-12)7-12/h1-4,8H,5-7H2,(H,14,15). The highest BCUT2D eigenvalue weighted by molar-refractivity contribution is 9.10. The number of halogens is 1. The molecular formula is C12H12BrNO. The van der Waals surface area contributed by atoms with Gasteiger partial charge < -0.3 is 5.32 Å². The maximum atomic E-state index is 11.9. The van der Waals surface area contributed by atoms with Gasteiger partial charge in [-0.25, -0.2) is 0 Å². The molecule has 3 aliphatic rings. The van der Waals surface area contributed by atoms with E-state index in [4.69, 9.17) is 0 Å². The van der Waals surface area contributed by atoms with Crippen molar-refractivity contribution in [2.24, 2.45) is 5.92 Å². The summed E-state index contributed by atoms with van der Waals surface area (Å²) in [5.41, 5.74) is 0.915. The maximum Gasteiger partial charge on any atom is 0.251 e. The van der Waals surface area contributed by atoms with Gasteiger partial charge in [-0.1, -0.05) is 22.0 Å². The lowest BCUT2D eigenvalue weighted by Crippen LogP contribution is -2.68. The van der Waals surface area contributed by atoms with Crippen LogP contribution < -0.4 is 5.32 Å². The van der Waals surface area contributed by atoms with Crippen molar-refractivity contribution in [3.8, 4) is 0 Å². The van der Waals surface area contributed by atoms with Crippen molar-refractivity contribution in [1.82, 2.24) is 5.32 Å². The van der Waals surface area contributed by atoms with Gasteiger partial charge in [-0.2, -0.15) is 0 Å². The van der Waals surface area contributed by atoms with Gasteiger partial charge in [0.15, 0.2) is 0 Å². The summed E-state index contributed by atoms with van der Waals surface area (Å²) >= 11 is 3.37. The predicted molar refractivity (Wildman–Crippen MR) is 61.7 cm³/mol. The van der Waals surface area contributed by atoms with Gasteiger partial charge >= 0.3 is 0 Å². The first kappa shape index (κ1) is 9.40. The number of carbonyl (C=O) groups excluding carboxylic acids is 1. The molecule has 4 rings (SSSR count). The summed E-state index contributed by atoms with van der Waals surface area (Å²) in [5.74, 6) is 0.960. The first-order chi connectivity index (χ1) is 7.17. The molecule has 1 aromatic rings. The Morgan fingerprint density at radius 2 is 2.13 bits per heavy atom. The molecule has 0 atom stereocenters. The number of amides is 1. The van der Waals surface area contributed by atoms with Crippen LogP contribution in [0.15, 0.2) is 28.7 Å². The molecule has 78 valence electrons. The molecule has 0 saturated heterocycles. The molecule has 15 heavy (non-hydrogen) atoms. The van der Waals surface area contributed by atoms with Crippen molar-refractivity contribution in [2.45, 2.75) is 24.8 Å². The molecule has 3 fully saturated rings. The van der Waals surface area contributed by atoms with E-state index in [1.54, 1.807) is 0 Å². The summed E-state index contributed by atoms with van der Waals surface area (Å²) in [6.45, 7) is 0. The van der Waals surface area contributed by atoms with E-state index in [1.165, 1.54) is 19.3 Å². The van der Waals surface area contributed by atoms with Crippen LogP contribution in [0.3, 0.4) is 0 Å². The lowest BCUT2D eigenvalue weighted by atomic mass is 9.50. The Hall–Kier alpha value is -0.830. The maximum absolute atomic E-state index is 11.9. The molecule has 1 aromatic carbocycles. The van der Waals surface area contributed by atoms with Gasteiger partial charge in [0.2, 0.25) is 0 Å². The predicted octanol–water partition coefficient (Wildman–Crippen LogP) is 2.73. The molecule has 0 aliphatic heterocycles. The molecule has 2 nitrogen and oxygen atoms in total. The summed E-state index contributed by atoms with van der Waals surface area (Å²) in [6.07, 6.45) is 3.56. The van der Waals surface area contributed by atoms with Crippen LogP contribution in [0.25, 0.3) is 0 Å². The van der Waals surface area contributed by atoms with Crippen molar-refractivity contribution in [3.63, 3.8) is 0 Å². The Morgan fingerprint density at radius 1 is 1.40 bits per heavy atom. The molecule has 0 aromatic heterocycles. The van der Waals surface area contributed by atoms with E-state index >= 15 is 0 Å². The largest absolute Gasteiger partial charge is 0.347 e. The molecule has 3 aliphatic carbocycles. The number of carbonyl (C=O) groups is 1. The molecule has 3 saturated carbocycles. The fourth-order valence-corrected chi connectivity index (χ4v) is 2.97. The molecule has 0 radical (unpaired) electrons. The summed E-state index contributed by atoms with van der Waals surface area (Å²) in [5, 5.41) is 3.14. The van der Waals surface area contributed by atoms with E-state index in [0.29, 0.717) is 0 Å². The first-order valence-corrected chi connectivity index (χ1v) is 6.04. The Balaban J connectivity index is 1.74. The van der Waals surface area contributed by atoms with E-state index in [0.717, 1.165) is 16.0 Å². The van der Waals surface area contributed by atoms with Gasteiger partial charge in [0.05, 0.1) is 0 Å². The van der Waals surface area contributed by atoms with Gasteiger partial charge in [-0.15, -0.1) is 0 Å². The molecule has 0 unspecified atom stereocenters. The summed E-state index contributed by atoms with van der Waals surface area (Å²) in [7, 11) is 0. The van der Waals surface area contributed by atoms with Crippen LogP contribution >= 0.6 is 15.9 Å². The van der Waals surface area contributed by atoms with Gasteiger partial charge in [0.25, 0.3) is 5.91 Å². The van der Waals surface area contributed by atoms with E-state index < -0.39 is 0 Å². The number of hydrogen-bond donors (Lipinski definition) is 1. The smallest absolute Gasteiger partial charge is 0.251 e. The molecule has 1 N–H and O–H groups in total. The second kappa shape index (κ2) is 3.08. The van der Waals surface area contributed by atoms with Gasteiger partial charge in [-0.05, 0) is 43.4 Å². The molecule has 2 bridgehead atoms. The lowest BCUT2D eigenvalue weighted by Gasteiger charge is -2.61. The van der Waals surface area contributed by atoms with Crippen LogP contribution in [0.4, 0.5) is 0 Å². The minimum atomic E-state index is 0.0643. The van der Waals surface area contributed by atoms with Crippen LogP contribution in [0.2, 0.25) is 0 Å². The molecule has 1 amide bonds.